The van der Waals surface area contributed by atoms with Crippen LogP contribution in [0.25, 0.3) is 0 Å². The summed E-state index contributed by atoms with van der Waals surface area (Å²) in [5, 5.41) is 5.14. The van der Waals surface area contributed by atoms with E-state index < -0.39 is 0 Å². The van der Waals surface area contributed by atoms with E-state index in [0.29, 0.717) is 18.0 Å². The summed E-state index contributed by atoms with van der Waals surface area (Å²) in [6.45, 7) is 2.36. The minimum Gasteiger partial charge on any atom is -0.355 e. The van der Waals surface area contributed by atoms with Gasteiger partial charge < -0.3 is 10.6 Å². The second-order valence-corrected chi connectivity index (χ2v) is 3.74. The van der Waals surface area contributed by atoms with Crippen LogP contribution in [0.1, 0.15) is 22.8 Å². The lowest BCUT2D eigenvalue weighted by atomic mass is 10.1. The first-order chi connectivity index (χ1) is 8.17. The second-order valence-electron chi connectivity index (χ2n) is 3.47. The van der Waals surface area contributed by atoms with Crippen LogP contribution in [0, 0.1) is 0 Å². The number of likely N-dealkylation sites (N-methyl/N-ethyl adjacent to an activating group) is 1. The van der Waals surface area contributed by atoms with Crippen molar-refractivity contribution in [3.63, 3.8) is 0 Å². The molecule has 0 spiro atoms. The maximum atomic E-state index is 11.7. The smallest absolute Gasteiger partial charge is 0.251 e. The van der Waals surface area contributed by atoms with Gasteiger partial charge in [0.05, 0.1) is 6.54 Å². The fraction of sp³-hybridized carbons (Fsp3) is 0.333. The first-order valence-corrected chi connectivity index (χ1v) is 5.90. The largest absolute Gasteiger partial charge is 0.355 e. The molecule has 0 atom stereocenters. The number of alkyl halides is 1. The average molecular weight is 255 g/mol. The molecule has 0 aliphatic heterocycles. The summed E-state index contributed by atoms with van der Waals surface area (Å²) in [5.74, 6) is -0.116. The molecule has 1 aromatic carbocycles. The van der Waals surface area contributed by atoms with Crippen molar-refractivity contribution in [3.05, 3.63) is 35.4 Å². The number of benzene rings is 1. The number of amides is 2. The van der Waals surface area contributed by atoms with E-state index in [1.54, 1.807) is 18.2 Å². The van der Waals surface area contributed by atoms with Crippen molar-refractivity contribution >= 4 is 23.4 Å². The van der Waals surface area contributed by atoms with Crippen LogP contribution in [0.3, 0.4) is 0 Å². The Bertz CT molecular complexity index is 407. The van der Waals surface area contributed by atoms with Gasteiger partial charge in [0, 0.05) is 18.0 Å². The topological polar surface area (TPSA) is 58.2 Å². The molecule has 0 saturated heterocycles. The molecule has 0 saturated carbocycles. The predicted molar refractivity (Wildman–Crippen MR) is 67.0 cm³/mol. The van der Waals surface area contributed by atoms with Gasteiger partial charge in [-0.2, -0.15) is 0 Å². The van der Waals surface area contributed by atoms with Crippen LogP contribution in [0.5, 0.6) is 0 Å². The van der Waals surface area contributed by atoms with Gasteiger partial charge in [0.1, 0.15) is 0 Å². The number of carbonyl (C=O) groups excluding carboxylic acids is 2. The van der Waals surface area contributed by atoms with Crippen LogP contribution in [0.15, 0.2) is 24.3 Å². The van der Waals surface area contributed by atoms with Crippen molar-refractivity contribution in [1.29, 1.82) is 0 Å². The summed E-state index contributed by atoms with van der Waals surface area (Å²) in [4.78, 5) is 22.8. The Morgan fingerprint density at radius 1 is 1.29 bits per heavy atom. The molecule has 0 heterocycles. The molecule has 17 heavy (non-hydrogen) atoms. The molecule has 0 aliphatic rings. The fourth-order valence-electron chi connectivity index (χ4n) is 1.32. The van der Waals surface area contributed by atoms with Crippen molar-refractivity contribution in [2.45, 2.75) is 12.8 Å². The third-order valence-electron chi connectivity index (χ3n) is 2.13. The highest BCUT2D eigenvalue weighted by atomic mass is 35.5. The van der Waals surface area contributed by atoms with E-state index in [2.05, 4.69) is 10.6 Å². The molecule has 0 fully saturated rings. The van der Waals surface area contributed by atoms with E-state index in [-0.39, 0.29) is 18.4 Å². The van der Waals surface area contributed by atoms with Crippen LogP contribution in [-0.4, -0.2) is 24.9 Å². The molecule has 2 amide bonds. The Balaban J connectivity index is 2.54. The highest BCUT2D eigenvalue weighted by molar-refractivity contribution is 6.17. The lowest BCUT2D eigenvalue weighted by molar-refractivity contribution is -0.120. The third kappa shape index (κ3) is 4.44. The predicted octanol–water partition coefficient (Wildman–Crippen LogP) is 1.29. The summed E-state index contributed by atoms with van der Waals surface area (Å²) in [6, 6.07) is 7.00. The molecule has 1 rings (SSSR count). The number of rotatable bonds is 5. The number of hydrogen-bond donors (Lipinski definition) is 2. The molecule has 92 valence electrons. The summed E-state index contributed by atoms with van der Waals surface area (Å²) < 4.78 is 0. The quantitative estimate of drug-likeness (QED) is 0.778. The molecule has 0 aromatic heterocycles. The van der Waals surface area contributed by atoms with Gasteiger partial charge in [-0.15, -0.1) is 11.6 Å². The molecule has 2 N–H and O–H groups in total. The SMILES string of the molecule is CCNC(=O)CNC(=O)c1cccc(CCl)c1. The van der Waals surface area contributed by atoms with E-state index in [1.807, 2.05) is 13.0 Å². The Kier molecular flexibility index (Phi) is 5.49. The Morgan fingerprint density at radius 2 is 2.06 bits per heavy atom. The highest BCUT2D eigenvalue weighted by Gasteiger charge is 2.07. The van der Waals surface area contributed by atoms with E-state index in [1.165, 1.54) is 0 Å². The third-order valence-corrected chi connectivity index (χ3v) is 2.44. The van der Waals surface area contributed by atoms with Crippen LogP contribution < -0.4 is 10.6 Å². The van der Waals surface area contributed by atoms with Crippen LogP contribution in [-0.2, 0) is 10.7 Å². The van der Waals surface area contributed by atoms with Gasteiger partial charge in [-0.3, -0.25) is 9.59 Å². The normalized spacial score (nSPS) is 9.76. The lowest BCUT2D eigenvalue weighted by Crippen LogP contribution is -2.36. The van der Waals surface area contributed by atoms with E-state index in [4.69, 9.17) is 11.6 Å². The molecule has 0 radical (unpaired) electrons. The molecule has 1 aromatic rings. The van der Waals surface area contributed by atoms with Gasteiger partial charge in [0.15, 0.2) is 0 Å². The van der Waals surface area contributed by atoms with E-state index in [9.17, 15) is 9.59 Å². The zero-order valence-electron chi connectivity index (χ0n) is 9.63. The Morgan fingerprint density at radius 3 is 2.71 bits per heavy atom. The van der Waals surface area contributed by atoms with Gasteiger partial charge in [0.25, 0.3) is 5.91 Å². The van der Waals surface area contributed by atoms with Gasteiger partial charge >= 0.3 is 0 Å². The number of carbonyl (C=O) groups is 2. The fourth-order valence-corrected chi connectivity index (χ4v) is 1.48. The average Bonchev–Trinajstić information content (AvgIpc) is 2.36. The van der Waals surface area contributed by atoms with Crippen molar-refractivity contribution in [2.75, 3.05) is 13.1 Å². The van der Waals surface area contributed by atoms with Crippen molar-refractivity contribution in [2.24, 2.45) is 0 Å². The molecule has 0 unspecified atom stereocenters. The van der Waals surface area contributed by atoms with Crippen molar-refractivity contribution < 1.29 is 9.59 Å². The highest BCUT2D eigenvalue weighted by Crippen LogP contribution is 2.07. The summed E-state index contributed by atoms with van der Waals surface area (Å²) in [7, 11) is 0. The van der Waals surface area contributed by atoms with Gasteiger partial charge in [0.2, 0.25) is 5.91 Å². The zero-order chi connectivity index (χ0) is 12.7. The minimum absolute atomic E-state index is 0.0161. The molecule has 4 nitrogen and oxygen atoms in total. The Hall–Kier alpha value is -1.55. The van der Waals surface area contributed by atoms with Crippen LogP contribution in [0.4, 0.5) is 0 Å². The minimum atomic E-state index is -0.275. The van der Waals surface area contributed by atoms with Crippen molar-refractivity contribution in [3.8, 4) is 0 Å². The second kappa shape index (κ2) is 6.91. The number of nitrogens with one attached hydrogen (secondary N) is 2. The van der Waals surface area contributed by atoms with Gasteiger partial charge in [-0.25, -0.2) is 0 Å². The summed E-state index contributed by atoms with van der Waals surface area (Å²) in [6.07, 6.45) is 0. The van der Waals surface area contributed by atoms with Crippen LogP contribution >= 0.6 is 11.6 Å². The van der Waals surface area contributed by atoms with Crippen molar-refractivity contribution in [1.82, 2.24) is 10.6 Å². The van der Waals surface area contributed by atoms with Crippen LogP contribution in [0.2, 0.25) is 0 Å². The van der Waals surface area contributed by atoms with E-state index >= 15 is 0 Å². The lowest BCUT2D eigenvalue weighted by Gasteiger charge is -2.06. The van der Waals surface area contributed by atoms with Gasteiger partial charge in [-0.05, 0) is 24.6 Å². The molecular formula is C12H15ClN2O2. The number of hydrogen-bond acceptors (Lipinski definition) is 2. The Labute approximate surface area is 105 Å². The van der Waals surface area contributed by atoms with Gasteiger partial charge in [-0.1, -0.05) is 12.1 Å². The molecular weight excluding hydrogens is 240 g/mol. The first-order valence-electron chi connectivity index (χ1n) is 5.37. The molecule has 0 bridgehead atoms. The zero-order valence-corrected chi connectivity index (χ0v) is 10.4. The standard InChI is InChI=1S/C12H15ClN2O2/c1-2-14-11(16)8-15-12(17)10-5-3-4-9(6-10)7-13/h3-6H,2,7-8H2,1H3,(H,14,16)(H,15,17). The summed E-state index contributed by atoms with van der Waals surface area (Å²) >= 11 is 5.68. The maximum absolute atomic E-state index is 11.7. The molecule has 0 aliphatic carbocycles. The first kappa shape index (κ1) is 13.5. The molecule has 5 heteroatoms. The van der Waals surface area contributed by atoms with E-state index in [0.717, 1.165) is 5.56 Å². The number of halogens is 1. The summed E-state index contributed by atoms with van der Waals surface area (Å²) in [5.41, 5.74) is 1.38. The maximum Gasteiger partial charge on any atom is 0.251 e. The monoisotopic (exact) mass is 254 g/mol.